The van der Waals surface area contributed by atoms with Crippen molar-refractivity contribution >= 4 is 23.5 Å². The van der Waals surface area contributed by atoms with Crippen molar-refractivity contribution < 1.29 is 9.53 Å². The molecule has 3 rings (SSSR count). The van der Waals surface area contributed by atoms with Gasteiger partial charge in [-0.05, 0) is 25.1 Å². The first kappa shape index (κ1) is 15.6. The Morgan fingerprint density at radius 3 is 2.91 bits per heavy atom. The van der Waals surface area contributed by atoms with Crippen LogP contribution in [0.15, 0.2) is 30.6 Å². The number of rotatable bonds is 3. The van der Waals surface area contributed by atoms with Gasteiger partial charge in [0.25, 0.3) is 5.91 Å². The number of amides is 1. The molecule has 6 nitrogen and oxygen atoms in total. The van der Waals surface area contributed by atoms with Gasteiger partial charge in [0.1, 0.15) is 12.4 Å². The van der Waals surface area contributed by atoms with E-state index in [0.29, 0.717) is 36.2 Å². The van der Waals surface area contributed by atoms with Crippen LogP contribution in [0.3, 0.4) is 0 Å². The van der Waals surface area contributed by atoms with E-state index >= 15 is 0 Å². The lowest BCUT2D eigenvalue weighted by molar-refractivity contribution is 0.0732. The summed E-state index contributed by atoms with van der Waals surface area (Å²) in [5, 5.41) is 3.63. The summed E-state index contributed by atoms with van der Waals surface area (Å²) in [4.78, 5) is 22.7. The van der Waals surface area contributed by atoms with Crippen LogP contribution >= 0.6 is 11.6 Å². The van der Waals surface area contributed by atoms with Crippen molar-refractivity contribution in [1.29, 1.82) is 0 Å². The van der Waals surface area contributed by atoms with Gasteiger partial charge in [-0.25, -0.2) is 9.97 Å². The molecular formula is C16H17ClN4O2. The van der Waals surface area contributed by atoms with E-state index in [1.54, 1.807) is 11.0 Å². The minimum Gasteiger partial charge on any atom is -0.491 e. The average molecular weight is 333 g/mol. The molecule has 23 heavy (non-hydrogen) atoms. The summed E-state index contributed by atoms with van der Waals surface area (Å²) < 4.78 is 5.68. The van der Waals surface area contributed by atoms with Gasteiger partial charge < -0.3 is 15.0 Å². The number of ether oxygens (including phenoxy) is 1. The number of nitrogens with one attached hydrogen (secondary N) is 1. The standard InChI is InChI=1S/C16H17ClN4O2/c1-2-18-16-19-8-12(9-20-16)15(22)21-5-6-23-14-4-3-13(17)7-11(14)10-21/h3-4,7-9H,2,5-6,10H2,1H3,(H,18,19,20). The number of benzene rings is 1. The van der Waals surface area contributed by atoms with Gasteiger partial charge in [-0.3, -0.25) is 4.79 Å². The third-order valence-corrected chi connectivity index (χ3v) is 3.76. The molecule has 2 aromatic rings. The number of fused-ring (bicyclic) bond motifs is 1. The second-order valence-electron chi connectivity index (χ2n) is 5.15. The molecule has 0 spiro atoms. The number of aromatic nitrogens is 2. The molecule has 0 atom stereocenters. The summed E-state index contributed by atoms with van der Waals surface area (Å²) in [7, 11) is 0. The first-order valence-electron chi connectivity index (χ1n) is 7.44. The van der Waals surface area contributed by atoms with Gasteiger partial charge in [0.15, 0.2) is 0 Å². The van der Waals surface area contributed by atoms with E-state index in [4.69, 9.17) is 16.3 Å². The van der Waals surface area contributed by atoms with E-state index in [-0.39, 0.29) is 5.91 Å². The Labute approximate surface area is 139 Å². The van der Waals surface area contributed by atoms with Gasteiger partial charge >= 0.3 is 0 Å². The van der Waals surface area contributed by atoms with Crippen molar-refractivity contribution in [1.82, 2.24) is 14.9 Å². The van der Waals surface area contributed by atoms with E-state index in [0.717, 1.165) is 17.9 Å². The number of hydrogen-bond acceptors (Lipinski definition) is 5. The molecule has 0 radical (unpaired) electrons. The smallest absolute Gasteiger partial charge is 0.257 e. The van der Waals surface area contributed by atoms with Gasteiger partial charge in [-0.15, -0.1) is 0 Å². The molecule has 0 saturated carbocycles. The van der Waals surface area contributed by atoms with E-state index in [1.807, 2.05) is 19.1 Å². The Morgan fingerprint density at radius 1 is 1.39 bits per heavy atom. The van der Waals surface area contributed by atoms with Crippen molar-refractivity contribution in [3.8, 4) is 5.75 Å². The van der Waals surface area contributed by atoms with Crippen LogP contribution in [-0.2, 0) is 6.54 Å². The van der Waals surface area contributed by atoms with Crippen LogP contribution in [0.1, 0.15) is 22.8 Å². The van der Waals surface area contributed by atoms with E-state index in [9.17, 15) is 4.79 Å². The summed E-state index contributed by atoms with van der Waals surface area (Å²) in [5.41, 5.74) is 1.35. The molecule has 2 heterocycles. The molecule has 1 aromatic heterocycles. The number of halogens is 1. The third-order valence-electron chi connectivity index (χ3n) is 3.52. The third kappa shape index (κ3) is 3.53. The summed E-state index contributed by atoms with van der Waals surface area (Å²) in [6.45, 7) is 4.08. The molecule has 0 saturated heterocycles. The quantitative estimate of drug-likeness (QED) is 0.935. The molecule has 1 aliphatic heterocycles. The Balaban J connectivity index is 1.79. The summed E-state index contributed by atoms with van der Waals surface area (Å²) in [6.07, 6.45) is 3.08. The number of carbonyl (C=O) groups is 1. The number of carbonyl (C=O) groups excluding carboxylic acids is 1. The van der Waals surface area contributed by atoms with Crippen LogP contribution < -0.4 is 10.1 Å². The zero-order chi connectivity index (χ0) is 16.2. The van der Waals surface area contributed by atoms with Gasteiger partial charge in [-0.2, -0.15) is 0 Å². The lowest BCUT2D eigenvalue weighted by atomic mass is 10.2. The fraction of sp³-hybridized carbons (Fsp3) is 0.312. The zero-order valence-corrected chi connectivity index (χ0v) is 13.5. The highest BCUT2D eigenvalue weighted by Crippen LogP contribution is 2.26. The largest absolute Gasteiger partial charge is 0.491 e. The first-order chi connectivity index (χ1) is 11.2. The summed E-state index contributed by atoms with van der Waals surface area (Å²) >= 11 is 6.04. The van der Waals surface area contributed by atoms with Gasteiger partial charge in [0, 0.05) is 36.1 Å². The molecular weight excluding hydrogens is 316 g/mol. The van der Waals surface area contributed by atoms with Crippen LogP contribution in [0.5, 0.6) is 5.75 Å². The van der Waals surface area contributed by atoms with Crippen molar-refractivity contribution in [2.24, 2.45) is 0 Å². The molecule has 1 amide bonds. The minimum absolute atomic E-state index is 0.121. The highest BCUT2D eigenvalue weighted by atomic mass is 35.5. The van der Waals surface area contributed by atoms with Crippen LogP contribution in [0, 0.1) is 0 Å². The van der Waals surface area contributed by atoms with Gasteiger partial charge in [0.2, 0.25) is 5.95 Å². The predicted octanol–water partition coefficient (Wildman–Crippen LogP) is 2.60. The van der Waals surface area contributed by atoms with E-state index < -0.39 is 0 Å². The summed E-state index contributed by atoms with van der Waals surface area (Å²) in [6, 6.07) is 5.44. The lowest BCUT2D eigenvalue weighted by Gasteiger charge is -2.19. The van der Waals surface area contributed by atoms with Crippen LogP contribution in [0.2, 0.25) is 5.02 Å². The fourth-order valence-electron chi connectivity index (χ4n) is 2.41. The molecule has 0 fully saturated rings. The molecule has 0 aliphatic carbocycles. The van der Waals surface area contributed by atoms with Crippen molar-refractivity contribution in [3.05, 3.63) is 46.7 Å². The van der Waals surface area contributed by atoms with Crippen LogP contribution in [0.25, 0.3) is 0 Å². The molecule has 7 heteroatoms. The van der Waals surface area contributed by atoms with E-state index in [2.05, 4.69) is 15.3 Å². The first-order valence-corrected chi connectivity index (χ1v) is 7.81. The molecule has 120 valence electrons. The summed E-state index contributed by atoms with van der Waals surface area (Å²) in [5.74, 6) is 1.16. The predicted molar refractivity (Wildman–Crippen MR) is 87.9 cm³/mol. The normalized spacial score (nSPS) is 13.7. The minimum atomic E-state index is -0.121. The van der Waals surface area contributed by atoms with Gasteiger partial charge in [0.05, 0.1) is 12.1 Å². The Bertz CT molecular complexity index is 706. The topological polar surface area (TPSA) is 67.4 Å². The maximum absolute atomic E-state index is 12.7. The maximum Gasteiger partial charge on any atom is 0.257 e. The van der Waals surface area contributed by atoms with Crippen molar-refractivity contribution in [2.45, 2.75) is 13.5 Å². The Kier molecular flexibility index (Phi) is 4.62. The zero-order valence-electron chi connectivity index (χ0n) is 12.8. The van der Waals surface area contributed by atoms with Crippen molar-refractivity contribution in [2.75, 3.05) is 25.0 Å². The second-order valence-corrected chi connectivity index (χ2v) is 5.59. The highest BCUT2D eigenvalue weighted by molar-refractivity contribution is 6.30. The number of anilines is 1. The number of nitrogens with zero attached hydrogens (tertiary/aromatic N) is 3. The monoisotopic (exact) mass is 332 g/mol. The molecule has 1 aromatic carbocycles. The van der Waals surface area contributed by atoms with Crippen molar-refractivity contribution in [3.63, 3.8) is 0 Å². The Morgan fingerprint density at radius 2 is 2.17 bits per heavy atom. The van der Waals surface area contributed by atoms with E-state index in [1.165, 1.54) is 12.4 Å². The lowest BCUT2D eigenvalue weighted by Crippen LogP contribution is -2.32. The molecule has 0 unspecified atom stereocenters. The fourth-order valence-corrected chi connectivity index (χ4v) is 2.60. The van der Waals surface area contributed by atoms with Gasteiger partial charge in [-0.1, -0.05) is 11.6 Å². The van der Waals surface area contributed by atoms with Crippen LogP contribution in [-0.4, -0.2) is 40.5 Å². The SMILES string of the molecule is CCNc1ncc(C(=O)N2CCOc3ccc(Cl)cc3C2)cn1. The Hall–Kier alpha value is -2.34. The average Bonchev–Trinajstić information content (AvgIpc) is 2.77. The second kappa shape index (κ2) is 6.83. The molecule has 1 N–H and O–H groups in total. The molecule has 1 aliphatic rings. The maximum atomic E-state index is 12.7. The highest BCUT2D eigenvalue weighted by Gasteiger charge is 2.21. The van der Waals surface area contributed by atoms with Crippen LogP contribution in [0.4, 0.5) is 5.95 Å². The molecule has 0 bridgehead atoms. The number of hydrogen-bond donors (Lipinski definition) is 1.